The van der Waals surface area contributed by atoms with Gasteiger partial charge in [0.2, 0.25) is 0 Å². The van der Waals surface area contributed by atoms with E-state index in [4.69, 9.17) is 4.74 Å². The molecule has 1 saturated heterocycles. The van der Waals surface area contributed by atoms with Crippen LogP contribution in [0.3, 0.4) is 0 Å². The van der Waals surface area contributed by atoms with Crippen LogP contribution in [0.1, 0.15) is 18.6 Å². The molecule has 0 aromatic heterocycles. The third-order valence-electron chi connectivity index (χ3n) is 3.64. The molecule has 2 unspecified atom stereocenters. The third kappa shape index (κ3) is 2.65. The SMILES string of the molecule is CC1C(c2ccccc2)OC(=O)N1C(=O)Nc1ccccc1. The summed E-state index contributed by atoms with van der Waals surface area (Å²) in [5, 5.41) is 2.70. The second kappa shape index (κ2) is 5.89. The van der Waals surface area contributed by atoms with Crippen molar-refractivity contribution in [3.05, 3.63) is 66.2 Å². The Balaban J connectivity index is 1.77. The molecular formula is C17H16N2O3. The maximum absolute atomic E-state index is 12.3. The first-order chi connectivity index (χ1) is 10.7. The minimum absolute atomic E-state index is 0.376. The number of hydrogen-bond acceptors (Lipinski definition) is 3. The Morgan fingerprint density at radius 1 is 1.05 bits per heavy atom. The Hall–Kier alpha value is -2.82. The molecule has 1 aliphatic heterocycles. The average Bonchev–Trinajstić information content (AvgIpc) is 2.84. The topological polar surface area (TPSA) is 58.6 Å². The molecule has 5 heteroatoms. The summed E-state index contributed by atoms with van der Waals surface area (Å²) < 4.78 is 5.36. The fourth-order valence-corrected chi connectivity index (χ4v) is 2.53. The van der Waals surface area contributed by atoms with Crippen LogP contribution in [-0.4, -0.2) is 23.1 Å². The number of ether oxygens (including phenoxy) is 1. The largest absolute Gasteiger partial charge is 0.439 e. The van der Waals surface area contributed by atoms with Gasteiger partial charge in [-0.1, -0.05) is 48.5 Å². The number of carbonyl (C=O) groups is 2. The highest BCUT2D eigenvalue weighted by Crippen LogP contribution is 2.32. The molecule has 3 rings (SSSR count). The van der Waals surface area contributed by atoms with E-state index < -0.39 is 18.2 Å². The number of carbonyl (C=O) groups excluding carboxylic acids is 2. The zero-order valence-corrected chi connectivity index (χ0v) is 12.1. The average molecular weight is 296 g/mol. The van der Waals surface area contributed by atoms with Crippen molar-refractivity contribution < 1.29 is 14.3 Å². The molecule has 0 saturated carbocycles. The lowest BCUT2D eigenvalue weighted by Crippen LogP contribution is -2.40. The Labute approximate surface area is 128 Å². The van der Waals surface area contributed by atoms with Crippen molar-refractivity contribution >= 4 is 17.8 Å². The summed E-state index contributed by atoms with van der Waals surface area (Å²) in [5.74, 6) is 0. The quantitative estimate of drug-likeness (QED) is 0.917. The van der Waals surface area contributed by atoms with Gasteiger partial charge >= 0.3 is 12.1 Å². The molecule has 2 atom stereocenters. The van der Waals surface area contributed by atoms with Crippen LogP contribution in [-0.2, 0) is 4.74 Å². The number of imide groups is 1. The zero-order chi connectivity index (χ0) is 15.5. The Kier molecular flexibility index (Phi) is 3.78. The number of anilines is 1. The lowest BCUT2D eigenvalue weighted by Gasteiger charge is -2.19. The number of cyclic esters (lactones) is 1. The fourth-order valence-electron chi connectivity index (χ4n) is 2.53. The van der Waals surface area contributed by atoms with Crippen LogP contribution in [0, 0.1) is 0 Å². The van der Waals surface area contributed by atoms with E-state index in [0.717, 1.165) is 10.5 Å². The number of para-hydroxylation sites is 1. The number of hydrogen-bond donors (Lipinski definition) is 1. The molecule has 2 aromatic carbocycles. The van der Waals surface area contributed by atoms with E-state index in [0.29, 0.717) is 5.69 Å². The number of nitrogens with one attached hydrogen (secondary N) is 1. The highest BCUT2D eigenvalue weighted by Gasteiger charge is 2.43. The summed E-state index contributed by atoms with van der Waals surface area (Å²) >= 11 is 0. The van der Waals surface area contributed by atoms with Crippen LogP contribution in [0.2, 0.25) is 0 Å². The number of rotatable bonds is 2. The summed E-state index contributed by atoms with van der Waals surface area (Å²) in [4.78, 5) is 25.5. The molecule has 1 heterocycles. The fraction of sp³-hybridized carbons (Fsp3) is 0.176. The van der Waals surface area contributed by atoms with Crippen molar-refractivity contribution in [3.63, 3.8) is 0 Å². The van der Waals surface area contributed by atoms with E-state index in [1.165, 1.54) is 0 Å². The molecule has 5 nitrogen and oxygen atoms in total. The lowest BCUT2D eigenvalue weighted by atomic mass is 10.0. The van der Waals surface area contributed by atoms with Crippen LogP contribution >= 0.6 is 0 Å². The lowest BCUT2D eigenvalue weighted by molar-refractivity contribution is 0.131. The maximum Gasteiger partial charge on any atom is 0.419 e. The molecule has 1 N–H and O–H groups in total. The summed E-state index contributed by atoms with van der Waals surface area (Å²) in [7, 11) is 0. The van der Waals surface area contributed by atoms with Gasteiger partial charge in [0, 0.05) is 5.69 Å². The van der Waals surface area contributed by atoms with Crippen LogP contribution in [0.25, 0.3) is 0 Å². The number of urea groups is 1. The van der Waals surface area contributed by atoms with Gasteiger partial charge in [-0.05, 0) is 24.6 Å². The summed E-state index contributed by atoms with van der Waals surface area (Å²) in [5.41, 5.74) is 1.51. The van der Waals surface area contributed by atoms with Gasteiger partial charge in [0.05, 0.1) is 6.04 Å². The van der Waals surface area contributed by atoms with Gasteiger partial charge in [-0.25, -0.2) is 14.5 Å². The smallest absolute Gasteiger partial charge is 0.419 e. The van der Waals surface area contributed by atoms with Crippen LogP contribution < -0.4 is 5.32 Å². The molecule has 0 spiro atoms. The second-order valence-electron chi connectivity index (χ2n) is 5.12. The van der Waals surface area contributed by atoms with Crippen molar-refractivity contribution in [1.29, 1.82) is 0 Å². The molecule has 1 aliphatic rings. The second-order valence-corrected chi connectivity index (χ2v) is 5.12. The summed E-state index contributed by atoms with van der Waals surface area (Å²) in [6.45, 7) is 1.80. The zero-order valence-electron chi connectivity index (χ0n) is 12.1. The predicted molar refractivity (Wildman–Crippen MR) is 82.4 cm³/mol. The molecule has 22 heavy (non-hydrogen) atoms. The van der Waals surface area contributed by atoms with Crippen molar-refractivity contribution in [3.8, 4) is 0 Å². The van der Waals surface area contributed by atoms with Crippen molar-refractivity contribution in [2.45, 2.75) is 19.1 Å². The maximum atomic E-state index is 12.3. The van der Waals surface area contributed by atoms with E-state index in [1.54, 1.807) is 19.1 Å². The normalized spacial score (nSPS) is 20.6. The Morgan fingerprint density at radius 3 is 2.27 bits per heavy atom. The summed E-state index contributed by atoms with van der Waals surface area (Å²) in [6.07, 6.45) is -1.08. The van der Waals surface area contributed by atoms with E-state index in [2.05, 4.69) is 5.32 Å². The third-order valence-corrected chi connectivity index (χ3v) is 3.64. The van der Waals surface area contributed by atoms with E-state index >= 15 is 0 Å². The number of amides is 3. The highest BCUT2D eigenvalue weighted by molar-refractivity contribution is 6.00. The van der Waals surface area contributed by atoms with Crippen LogP contribution in [0.15, 0.2) is 60.7 Å². The highest BCUT2D eigenvalue weighted by atomic mass is 16.6. The van der Waals surface area contributed by atoms with Gasteiger partial charge < -0.3 is 10.1 Å². The molecule has 3 amide bonds. The van der Waals surface area contributed by atoms with Crippen LogP contribution in [0.4, 0.5) is 15.3 Å². The molecule has 0 radical (unpaired) electrons. The summed E-state index contributed by atoms with van der Waals surface area (Å²) in [6, 6.07) is 17.6. The van der Waals surface area contributed by atoms with E-state index in [1.807, 2.05) is 48.5 Å². The van der Waals surface area contributed by atoms with Gasteiger partial charge in [-0.3, -0.25) is 0 Å². The minimum Gasteiger partial charge on any atom is -0.439 e. The van der Waals surface area contributed by atoms with Gasteiger partial charge in [0.1, 0.15) is 6.10 Å². The van der Waals surface area contributed by atoms with Crippen LogP contribution in [0.5, 0.6) is 0 Å². The van der Waals surface area contributed by atoms with Gasteiger partial charge in [0.15, 0.2) is 0 Å². The Morgan fingerprint density at radius 2 is 1.64 bits per heavy atom. The molecule has 0 bridgehead atoms. The van der Waals surface area contributed by atoms with Gasteiger partial charge in [0.25, 0.3) is 0 Å². The van der Waals surface area contributed by atoms with Gasteiger partial charge in [-0.15, -0.1) is 0 Å². The number of benzene rings is 2. The number of nitrogens with zero attached hydrogens (tertiary/aromatic N) is 1. The Bertz CT molecular complexity index is 673. The molecule has 0 aliphatic carbocycles. The first-order valence-electron chi connectivity index (χ1n) is 7.07. The first-order valence-corrected chi connectivity index (χ1v) is 7.07. The molecule has 112 valence electrons. The molecular weight excluding hydrogens is 280 g/mol. The minimum atomic E-state index is -0.630. The monoisotopic (exact) mass is 296 g/mol. The molecule has 2 aromatic rings. The standard InChI is InChI=1S/C17H16N2O3/c1-12-15(13-8-4-2-5-9-13)22-17(21)19(12)16(20)18-14-10-6-3-7-11-14/h2-12,15H,1H3,(H,18,20). The van der Waals surface area contributed by atoms with E-state index in [9.17, 15) is 9.59 Å². The van der Waals surface area contributed by atoms with E-state index in [-0.39, 0.29) is 6.04 Å². The first kappa shape index (κ1) is 14.1. The van der Waals surface area contributed by atoms with Gasteiger partial charge in [-0.2, -0.15) is 0 Å². The van der Waals surface area contributed by atoms with Crippen molar-refractivity contribution in [1.82, 2.24) is 4.90 Å². The van der Waals surface area contributed by atoms with Crippen molar-refractivity contribution in [2.75, 3.05) is 5.32 Å². The molecule has 1 fully saturated rings. The van der Waals surface area contributed by atoms with Crippen molar-refractivity contribution in [2.24, 2.45) is 0 Å². The predicted octanol–water partition coefficient (Wildman–Crippen LogP) is 3.80.